The maximum atomic E-state index is 13.8. The van der Waals surface area contributed by atoms with Gasteiger partial charge in [0.1, 0.15) is 11.6 Å². The minimum atomic E-state index is -0.659. The summed E-state index contributed by atoms with van der Waals surface area (Å²) in [5, 5.41) is 2.50. The van der Waals surface area contributed by atoms with Crippen molar-refractivity contribution in [1.29, 1.82) is 0 Å². The van der Waals surface area contributed by atoms with Gasteiger partial charge < -0.3 is 15.0 Å². The quantitative estimate of drug-likeness (QED) is 0.725. The van der Waals surface area contributed by atoms with Gasteiger partial charge in [0.15, 0.2) is 5.82 Å². The van der Waals surface area contributed by atoms with Crippen molar-refractivity contribution in [2.75, 3.05) is 30.4 Å². The molecule has 1 saturated heterocycles. The third kappa shape index (κ3) is 3.96. The number of fused-ring (bicyclic) bond motifs is 1. The van der Waals surface area contributed by atoms with E-state index in [9.17, 15) is 13.6 Å². The van der Waals surface area contributed by atoms with Crippen molar-refractivity contribution in [2.45, 2.75) is 12.8 Å². The second-order valence-electron chi connectivity index (χ2n) is 6.92. The lowest BCUT2D eigenvalue weighted by atomic mass is 9.95. The zero-order valence-corrected chi connectivity index (χ0v) is 15.9. The monoisotopic (exact) mass is 398 g/mol. The highest BCUT2D eigenvalue weighted by Crippen LogP contribution is 2.30. The smallest absolute Gasteiger partial charge is 0.257 e. The predicted molar refractivity (Wildman–Crippen MR) is 106 cm³/mol. The highest BCUT2D eigenvalue weighted by atomic mass is 19.1. The van der Waals surface area contributed by atoms with Crippen molar-refractivity contribution >= 4 is 28.4 Å². The number of nitrogens with one attached hydrogen (secondary N) is 1. The lowest BCUT2D eigenvalue weighted by molar-refractivity contribution is -0.120. The number of benzene rings is 2. The summed E-state index contributed by atoms with van der Waals surface area (Å²) in [6, 6.07) is 10.5. The topological polar surface area (TPSA) is 67.4 Å². The number of hydrogen-bond donors (Lipinski definition) is 1. The normalized spacial score (nSPS) is 14.8. The van der Waals surface area contributed by atoms with Crippen molar-refractivity contribution in [3.8, 4) is 5.88 Å². The summed E-state index contributed by atoms with van der Waals surface area (Å²) in [6.07, 6.45) is 1.11. The van der Waals surface area contributed by atoms with Gasteiger partial charge in [0.2, 0.25) is 5.91 Å². The Morgan fingerprint density at radius 1 is 1.10 bits per heavy atom. The molecule has 1 aliphatic heterocycles. The Hall–Kier alpha value is -3.29. The fourth-order valence-electron chi connectivity index (χ4n) is 3.50. The van der Waals surface area contributed by atoms with Crippen LogP contribution in [0, 0.1) is 17.6 Å². The van der Waals surface area contributed by atoms with Gasteiger partial charge in [-0.25, -0.2) is 18.7 Å². The van der Waals surface area contributed by atoms with E-state index in [0.29, 0.717) is 37.6 Å². The van der Waals surface area contributed by atoms with Gasteiger partial charge in [-0.05, 0) is 37.1 Å². The number of nitrogens with zero attached hydrogens (tertiary/aromatic N) is 3. The van der Waals surface area contributed by atoms with Gasteiger partial charge >= 0.3 is 0 Å². The van der Waals surface area contributed by atoms with Crippen molar-refractivity contribution < 1.29 is 18.3 Å². The number of anilines is 2. The molecule has 6 nitrogen and oxygen atoms in total. The van der Waals surface area contributed by atoms with E-state index in [1.165, 1.54) is 0 Å². The first-order chi connectivity index (χ1) is 14.0. The van der Waals surface area contributed by atoms with Crippen molar-refractivity contribution in [3.63, 3.8) is 0 Å². The van der Waals surface area contributed by atoms with Crippen LogP contribution in [0.2, 0.25) is 0 Å². The van der Waals surface area contributed by atoms with Crippen LogP contribution in [0.15, 0.2) is 42.5 Å². The summed E-state index contributed by atoms with van der Waals surface area (Å²) in [5.41, 5.74) is 1.38. The Morgan fingerprint density at radius 3 is 2.48 bits per heavy atom. The van der Waals surface area contributed by atoms with Crippen LogP contribution < -0.4 is 15.0 Å². The maximum absolute atomic E-state index is 13.8. The van der Waals surface area contributed by atoms with E-state index in [-0.39, 0.29) is 17.5 Å². The molecule has 0 atom stereocenters. The zero-order valence-electron chi connectivity index (χ0n) is 15.9. The van der Waals surface area contributed by atoms with E-state index < -0.39 is 11.6 Å². The summed E-state index contributed by atoms with van der Waals surface area (Å²) in [4.78, 5) is 23.7. The summed E-state index contributed by atoms with van der Waals surface area (Å²) >= 11 is 0. The van der Waals surface area contributed by atoms with Crippen molar-refractivity contribution in [1.82, 2.24) is 9.97 Å². The van der Waals surface area contributed by atoms with E-state index in [1.807, 2.05) is 29.2 Å². The molecule has 0 saturated carbocycles. The third-order valence-electron chi connectivity index (χ3n) is 5.07. The first kappa shape index (κ1) is 19.0. The Balaban J connectivity index is 1.46. The molecule has 150 valence electrons. The predicted octanol–water partition coefficient (Wildman–Crippen LogP) is 3.77. The van der Waals surface area contributed by atoms with Crippen LogP contribution in [0.4, 0.5) is 20.3 Å². The molecule has 0 aliphatic carbocycles. The highest BCUT2D eigenvalue weighted by Gasteiger charge is 2.28. The molecule has 1 aromatic heterocycles. The summed E-state index contributed by atoms with van der Waals surface area (Å²) in [7, 11) is 1.55. The van der Waals surface area contributed by atoms with E-state index in [1.54, 1.807) is 7.11 Å². The van der Waals surface area contributed by atoms with Crippen LogP contribution in [-0.2, 0) is 4.79 Å². The van der Waals surface area contributed by atoms with Crippen molar-refractivity contribution in [2.24, 2.45) is 5.92 Å². The molecule has 3 aromatic rings. The summed E-state index contributed by atoms with van der Waals surface area (Å²) in [6.45, 7) is 1.15. The Kier molecular flexibility index (Phi) is 5.24. The van der Waals surface area contributed by atoms with Crippen LogP contribution >= 0.6 is 0 Å². The Morgan fingerprint density at radius 2 is 1.79 bits per heavy atom. The molecule has 1 N–H and O–H groups in total. The number of ether oxygens (including phenoxy) is 1. The molecule has 1 amide bonds. The Bertz CT molecular complexity index is 1050. The molecule has 0 unspecified atom stereocenters. The number of piperidine rings is 1. The average Bonchev–Trinajstić information content (AvgIpc) is 2.75. The fourth-order valence-corrected chi connectivity index (χ4v) is 3.50. The molecule has 0 spiro atoms. The van der Waals surface area contributed by atoms with E-state index in [2.05, 4.69) is 15.3 Å². The number of methoxy groups -OCH3 is 1. The molecule has 2 heterocycles. The molecular weight excluding hydrogens is 378 g/mol. The van der Waals surface area contributed by atoms with E-state index in [0.717, 1.165) is 29.2 Å². The van der Waals surface area contributed by atoms with Gasteiger partial charge in [0.25, 0.3) is 5.88 Å². The van der Waals surface area contributed by atoms with E-state index >= 15 is 0 Å². The van der Waals surface area contributed by atoms with E-state index in [4.69, 9.17) is 4.74 Å². The number of carbonyl (C=O) groups is 1. The van der Waals surface area contributed by atoms with Gasteiger partial charge in [0.05, 0.1) is 23.8 Å². The minimum Gasteiger partial charge on any atom is -0.478 e. The minimum absolute atomic E-state index is 0.139. The van der Waals surface area contributed by atoms with Gasteiger partial charge in [-0.15, -0.1) is 0 Å². The fraction of sp³-hybridized carbons (Fsp3) is 0.286. The highest BCUT2D eigenvalue weighted by molar-refractivity contribution is 5.92. The number of carbonyl (C=O) groups excluding carboxylic acids is 1. The number of rotatable bonds is 4. The molecule has 1 aliphatic rings. The van der Waals surface area contributed by atoms with Crippen LogP contribution in [-0.4, -0.2) is 36.1 Å². The Labute approximate surface area is 166 Å². The maximum Gasteiger partial charge on any atom is 0.257 e. The lowest BCUT2D eigenvalue weighted by Gasteiger charge is -2.32. The number of amides is 1. The van der Waals surface area contributed by atoms with Gasteiger partial charge in [-0.1, -0.05) is 12.1 Å². The standard InChI is InChI=1S/C21H20F2N4O2/c1-29-21-19(24-16-4-2-3-5-17(16)26-21)27-10-8-13(9-11-27)20(28)25-18-12-14(22)6-7-15(18)23/h2-7,12-13H,8-11H2,1H3,(H,25,28). The SMILES string of the molecule is COc1nc2ccccc2nc1N1CCC(C(=O)Nc2cc(F)ccc2F)CC1. The molecule has 4 rings (SSSR count). The van der Waals surface area contributed by atoms with Gasteiger partial charge in [-0.3, -0.25) is 4.79 Å². The van der Waals surface area contributed by atoms with Gasteiger partial charge in [0, 0.05) is 25.1 Å². The van der Waals surface area contributed by atoms with Crippen LogP contribution in [0.1, 0.15) is 12.8 Å². The molecule has 0 bridgehead atoms. The summed E-state index contributed by atoms with van der Waals surface area (Å²) < 4.78 is 32.5. The summed E-state index contributed by atoms with van der Waals surface area (Å²) in [5.74, 6) is -0.791. The molecule has 0 radical (unpaired) electrons. The second-order valence-corrected chi connectivity index (χ2v) is 6.92. The molecular formula is C21H20F2N4O2. The largest absolute Gasteiger partial charge is 0.478 e. The van der Waals surface area contributed by atoms with Crippen molar-refractivity contribution in [3.05, 3.63) is 54.1 Å². The van der Waals surface area contributed by atoms with Crippen LogP contribution in [0.25, 0.3) is 11.0 Å². The van der Waals surface area contributed by atoms with Crippen LogP contribution in [0.5, 0.6) is 5.88 Å². The molecule has 8 heteroatoms. The first-order valence-electron chi connectivity index (χ1n) is 9.37. The number of halogens is 2. The lowest BCUT2D eigenvalue weighted by Crippen LogP contribution is -2.39. The number of hydrogen-bond acceptors (Lipinski definition) is 5. The molecule has 2 aromatic carbocycles. The first-order valence-corrected chi connectivity index (χ1v) is 9.37. The third-order valence-corrected chi connectivity index (χ3v) is 5.07. The number of aromatic nitrogens is 2. The van der Waals surface area contributed by atoms with Crippen LogP contribution in [0.3, 0.4) is 0 Å². The van der Waals surface area contributed by atoms with Gasteiger partial charge in [-0.2, -0.15) is 0 Å². The number of para-hydroxylation sites is 2. The average molecular weight is 398 g/mol. The zero-order chi connectivity index (χ0) is 20.4. The second kappa shape index (κ2) is 7.98. The molecule has 29 heavy (non-hydrogen) atoms. The molecule has 1 fully saturated rings.